The first kappa shape index (κ1) is 15.7. The molecule has 5 nitrogen and oxygen atoms in total. The van der Waals surface area contributed by atoms with Crippen molar-refractivity contribution in [2.45, 2.75) is 38.0 Å². The van der Waals surface area contributed by atoms with Crippen molar-refractivity contribution in [2.75, 3.05) is 13.6 Å². The van der Waals surface area contributed by atoms with Crippen LogP contribution in [0.15, 0.2) is 12.3 Å². The molecule has 0 aliphatic carbocycles. The zero-order chi connectivity index (χ0) is 15.6. The van der Waals surface area contributed by atoms with Crippen LogP contribution >= 0.6 is 0 Å². The summed E-state index contributed by atoms with van der Waals surface area (Å²) in [5.41, 5.74) is 0.887. The van der Waals surface area contributed by atoms with Gasteiger partial charge in [-0.1, -0.05) is 0 Å². The van der Waals surface area contributed by atoms with Crippen molar-refractivity contribution in [3.05, 3.63) is 23.5 Å². The number of likely N-dealkylation sites (tertiary alicyclic amines) is 1. The highest BCUT2D eigenvalue weighted by Gasteiger charge is 2.44. The fourth-order valence-corrected chi connectivity index (χ4v) is 2.58. The molecule has 21 heavy (non-hydrogen) atoms. The quantitative estimate of drug-likeness (QED) is 0.900. The van der Waals surface area contributed by atoms with Gasteiger partial charge in [-0.2, -0.15) is 23.4 Å². The lowest BCUT2D eigenvalue weighted by atomic mass is 9.98. The summed E-state index contributed by atoms with van der Waals surface area (Å²) in [4.78, 5) is 13.3. The highest BCUT2D eigenvalue weighted by molar-refractivity contribution is 5.95. The van der Waals surface area contributed by atoms with E-state index < -0.39 is 12.2 Å². The van der Waals surface area contributed by atoms with Gasteiger partial charge in [0.05, 0.1) is 17.5 Å². The fraction of sp³-hybridized carbons (Fsp3) is 0.615. The summed E-state index contributed by atoms with van der Waals surface area (Å²) in [7, 11) is 1.43. The van der Waals surface area contributed by atoms with Crippen LogP contribution in [-0.2, 0) is 0 Å². The van der Waals surface area contributed by atoms with Crippen LogP contribution in [-0.4, -0.2) is 52.9 Å². The molecule has 1 N–H and O–H groups in total. The van der Waals surface area contributed by atoms with Crippen molar-refractivity contribution in [2.24, 2.45) is 0 Å². The standard InChI is InChI=1S/C13H17F3N4O/c1-8-10(5-6-17-19-8)12(21)18-9-3-4-11(13(14,15)16)20(2)7-9/h5-6,9,11H,3-4,7H2,1-2H3,(H,18,21). The molecule has 1 aliphatic rings. The number of amides is 1. The molecule has 0 spiro atoms. The molecule has 1 amide bonds. The smallest absolute Gasteiger partial charge is 0.348 e. The number of hydrogen-bond donors (Lipinski definition) is 1. The monoisotopic (exact) mass is 302 g/mol. The van der Waals surface area contributed by atoms with E-state index in [9.17, 15) is 18.0 Å². The number of aryl methyl sites for hydroxylation is 1. The lowest BCUT2D eigenvalue weighted by Crippen LogP contribution is -2.54. The summed E-state index contributed by atoms with van der Waals surface area (Å²) in [5.74, 6) is -0.328. The van der Waals surface area contributed by atoms with Crippen LogP contribution in [0.2, 0.25) is 0 Å². The molecule has 0 aromatic carbocycles. The number of rotatable bonds is 2. The van der Waals surface area contributed by atoms with Crippen molar-refractivity contribution in [1.29, 1.82) is 0 Å². The maximum absolute atomic E-state index is 12.8. The highest BCUT2D eigenvalue weighted by Crippen LogP contribution is 2.30. The Hall–Kier alpha value is -1.70. The predicted molar refractivity (Wildman–Crippen MR) is 69.7 cm³/mol. The molecule has 2 heterocycles. The number of likely N-dealkylation sites (N-methyl/N-ethyl adjacent to an activating group) is 1. The van der Waals surface area contributed by atoms with Gasteiger partial charge in [0.15, 0.2) is 0 Å². The van der Waals surface area contributed by atoms with E-state index >= 15 is 0 Å². The third kappa shape index (κ3) is 3.69. The predicted octanol–water partition coefficient (Wildman–Crippen LogP) is 1.54. The van der Waals surface area contributed by atoms with Gasteiger partial charge in [0, 0.05) is 12.6 Å². The summed E-state index contributed by atoms with van der Waals surface area (Å²) in [6.45, 7) is 1.84. The van der Waals surface area contributed by atoms with Crippen LogP contribution in [0.4, 0.5) is 13.2 Å². The molecule has 8 heteroatoms. The summed E-state index contributed by atoms with van der Waals surface area (Å²) in [6, 6.07) is -0.188. The Labute approximate surface area is 120 Å². The van der Waals surface area contributed by atoms with Gasteiger partial charge in [0.2, 0.25) is 0 Å². The van der Waals surface area contributed by atoms with Gasteiger partial charge in [-0.05, 0) is 32.9 Å². The van der Waals surface area contributed by atoms with Crippen molar-refractivity contribution < 1.29 is 18.0 Å². The molecule has 1 aliphatic heterocycles. The molecule has 0 bridgehead atoms. The van der Waals surface area contributed by atoms with Crippen molar-refractivity contribution in [3.63, 3.8) is 0 Å². The lowest BCUT2D eigenvalue weighted by molar-refractivity contribution is -0.188. The normalized spacial score (nSPS) is 23.9. The van der Waals surface area contributed by atoms with E-state index in [4.69, 9.17) is 0 Å². The van der Waals surface area contributed by atoms with Gasteiger partial charge in [-0.15, -0.1) is 0 Å². The molecule has 1 fully saturated rings. The Kier molecular flexibility index (Phi) is 4.46. The Morgan fingerprint density at radius 1 is 1.43 bits per heavy atom. The van der Waals surface area contributed by atoms with E-state index in [1.165, 1.54) is 18.1 Å². The molecule has 0 saturated carbocycles. The third-order valence-electron chi connectivity index (χ3n) is 3.69. The number of halogens is 3. The molecule has 116 valence electrons. The van der Waals surface area contributed by atoms with Gasteiger partial charge >= 0.3 is 6.18 Å². The number of carbonyl (C=O) groups is 1. The molecular formula is C13H17F3N4O. The lowest BCUT2D eigenvalue weighted by Gasteiger charge is -2.38. The van der Waals surface area contributed by atoms with E-state index in [0.717, 1.165) is 0 Å². The maximum Gasteiger partial charge on any atom is 0.404 e. The summed E-state index contributed by atoms with van der Waals surface area (Å²) in [5, 5.41) is 10.2. The first-order valence-corrected chi connectivity index (χ1v) is 6.65. The molecule has 1 aromatic heterocycles. The fourth-order valence-electron chi connectivity index (χ4n) is 2.58. The van der Waals surface area contributed by atoms with E-state index in [-0.39, 0.29) is 24.9 Å². The minimum absolute atomic E-state index is 0.0154. The van der Waals surface area contributed by atoms with E-state index in [1.807, 2.05) is 0 Å². The average molecular weight is 302 g/mol. The Morgan fingerprint density at radius 3 is 2.71 bits per heavy atom. The van der Waals surface area contributed by atoms with Crippen molar-refractivity contribution in [3.8, 4) is 0 Å². The first-order valence-electron chi connectivity index (χ1n) is 6.65. The largest absolute Gasteiger partial charge is 0.404 e. The molecular weight excluding hydrogens is 285 g/mol. The molecule has 2 unspecified atom stereocenters. The van der Waals surface area contributed by atoms with Gasteiger partial charge < -0.3 is 5.32 Å². The SMILES string of the molecule is Cc1nnccc1C(=O)NC1CCC(C(F)(F)F)N(C)C1. The maximum atomic E-state index is 12.8. The number of hydrogen-bond acceptors (Lipinski definition) is 4. The van der Waals surface area contributed by atoms with Crippen LogP contribution < -0.4 is 5.32 Å². The first-order chi connectivity index (χ1) is 9.79. The van der Waals surface area contributed by atoms with Gasteiger partial charge in [-0.25, -0.2) is 0 Å². The second-order valence-electron chi connectivity index (χ2n) is 5.28. The minimum atomic E-state index is -4.23. The summed E-state index contributed by atoms with van der Waals surface area (Å²) >= 11 is 0. The summed E-state index contributed by atoms with van der Waals surface area (Å²) in [6.07, 6.45) is -2.53. The zero-order valence-corrected chi connectivity index (χ0v) is 11.8. The Morgan fingerprint density at radius 2 is 2.14 bits per heavy atom. The number of carbonyl (C=O) groups excluding carboxylic acids is 1. The molecule has 1 saturated heterocycles. The molecule has 2 rings (SSSR count). The summed E-state index contributed by atoms with van der Waals surface area (Å²) < 4.78 is 38.3. The van der Waals surface area contributed by atoms with E-state index in [1.54, 1.807) is 13.0 Å². The van der Waals surface area contributed by atoms with Gasteiger partial charge in [-0.3, -0.25) is 9.69 Å². The minimum Gasteiger partial charge on any atom is -0.348 e. The van der Waals surface area contributed by atoms with Crippen LogP contribution in [0, 0.1) is 6.92 Å². The molecule has 1 aromatic rings. The molecule has 0 radical (unpaired) electrons. The van der Waals surface area contributed by atoms with Crippen molar-refractivity contribution >= 4 is 5.91 Å². The number of nitrogens with zero attached hydrogens (tertiary/aromatic N) is 3. The van der Waals surface area contributed by atoms with Crippen LogP contribution in [0.5, 0.6) is 0 Å². The highest BCUT2D eigenvalue weighted by atomic mass is 19.4. The third-order valence-corrected chi connectivity index (χ3v) is 3.69. The topological polar surface area (TPSA) is 58.1 Å². The van der Waals surface area contributed by atoms with Crippen LogP contribution in [0.3, 0.4) is 0 Å². The average Bonchev–Trinajstić information content (AvgIpc) is 2.37. The molecule has 2 atom stereocenters. The van der Waals surface area contributed by atoms with E-state index in [2.05, 4.69) is 15.5 Å². The number of alkyl halides is 3. The van der Waals surface area contributed by atoms with Crippen LogP contribution in [0.1, 0.15) is 28.9 Å². The van der Waals surface area contributed by atoms with Crippen LogP contribution in [0.25, 0.3) is 0 Å². The van der Waals surface area contributed by atoms with Crippen molar-refractivity contribution in [1.82, 2.24) is 20.4 Å². The van der Waals surface area contributed by atoms with Gasteiger partial charge in [0.1, 0.15) is 6.04 Å². The Balaban J connectivity index is 1.97. The van der Waals surface area contributed by atoms with E-state index in [0.29, 0.717) is 17.7 Å². The number of aromatic nitrogens is 2. The van der Waals surface area contributed by atoms with Gasteiger partial charge in [0.25, 0.3) is 5.91 Å². The second-order valence-corrected chi connectivity index (χ2v) is 5.28. The number of nitrogens with one attached hydrogen (secondary N) is 1. The Bertz CT molecular complexity index is 520. The number of piperidine rings is 1. The zero-order valence-electron chi connectivity index (χ0n) is 11.8. The second kappa shape index (κ2) is 5.97.